The molecule has 1 rings (SSSR count). The third-order valence-corrected chi connectivity index (χ3v) is 2.58. The Kier molecular flexibility index (Phi) is 7.50. The van der Waals surface area contributed by atoms with E-state index in [1.54, 1.807) is 33.5 Å². The van der Waals surface area contributed by atoms with Crippen LogP contribution in [0.5, 0.6) is 17.2 Å². The van der Waals surface area contributed by atoms with Crippen LogP contribution in [0.2, 0.25) is 0 Å². The van der Waals surface area contributed by atoms with Crippen LogP contribution in [0.3, 0.4) is 0 Å². The highest BCUT2D eigenvalue weighted by Crippen LogP contribution is 2.37. The van der Waals surface area contributed by atoms with E-state index in [1.807, 2.05) is 0 Å². The van der Waals surface area contributed by atoms with E-state index in [9.17, 15) is 0 Å². The SMILES string of the molecule is COc1cc(OC)c([C@H](N)CCO)cc1OC.Cl. The lowest BCUT2D eigenvalue weighted by atomic mass is 10.0. The second-order valence-electron chi connectivity index (χ2n) is 3.57. The van der Waals surface area contributed by atoms with Crippen LogP contribution in [0.1, 0.15) is 18.0 Å². The van der Waals surface area contributed by atoms with E-state index in [1.165, 1.54) is 0 Å². The van der Waals surface area contributed by atoms with Crippen molar-refractivity contribution >= 4 is 12.4 Å². The molecule has 0 spiro atoms. The van der Waals surface area contributed by atoms with Crippen LogP contribution < -0.4 is 19.9 Å². The maximum absolute atomic E-state index is 8.91. The summed E-state index contributed by atoms with van der Waals surface area (Å²) in [5, 5.41) is 8.91. The topological polar surface area (TPSA) is 73.9 Å². The number of aliphatic hydroxyl groups excluding tert-OH is 1. The Balaban J connectivity index is 0.00000289. The smallest absolute Gasteiger partial charge is 0.164 e. The Bertz CT molecular complexity index is 373. The zero-order valence-corrected chi connectivity index (χ0v) is 11.6. The molecule has 0 fully saturated rings. The Morgan fingerprint density at radius 3 is 2.00 bits per heavy atom. The van der Waals surface area contributed by atoms with Crippen LogP contribution in [-0.4, -0.2) is 33.0 Å². The van der Waals surface area contributed by atoms with Gasteiger partial charge in [0.1, 0.15) is 5.75 Å². The Hall–Kier alpha value is -1.17. The number of rotatable bonds is 6. The van der Waals surface area contributed by atoms with Crippen molar-refractivity contribution < 1.29 is 19.3 Å². The summed E-state index contributed by atoms with van der Waals surface area (Å²) < 4.78 is 15.6. The molecule has 1 atom stereocenters. The van der Waals surface area contributed by atoms with Crippen molar-refractivity contribution in [1.82, 2.24) is 0 Å². The number of aliphatic hydroxyl groups is 1. The first-order valence-electron chi connectivity index (χ1n) is 5.34. The van der Waals surface area contributed by atoms with Gasteiger partial charge >= 0.3 is 0 Å². The van der Waals surface area contributed by atoms with E-state index < -0.39 is 0 Å². The summed E-state index contributed by atoms with van der Waals surface area (Å²) in [6.45, 7) is 0.0265. The standard InChI is InChI=1S/C12H19NO4.ClH/c1-15-10-7-12(17-3)11(16-2)6-8(10)9(13)4-5-14;/h6-7,9,14H,4-5,13H2,1-3H3;1H/t9-;/m1./s1. The number of hydrogen-bond acceptors (Lipinski definition) is 5. The zero-order valence-electron chi connectivity index (χ0n) is 10.8. The maximum atomic E-state index is 8.91. The second kappa shape index (κ2) is 8.02. The average molecular weight is 278 g/mol. The van der Waals surface area contributed by atoms with Crippen LogP contribution in [0, 0.1) is 0 Å². The molecule has 0 amide bonds. The molecular weight excluding hydrogens is 258 g/mol. The molecule has 0 aliphatic carbocycles. The normalized spacial score (nSPS) is 11.4. The summed E-state index contributed by atoms with van der Waals surface area (Å²) >= 11 is 0. The summed E-state index contributed by atoms with van der Waals surface area (Å²) in [6, 6.07) is 3.21. The molecule has 0 radical (unpaired) electrons. The van der Waals surface area contributed by atoms with Gasteiger partial charge in [0.2, 0.25) is 0 Å². The quantitative estimate of drug-likeness (QED) is 0.825. The van der Waals surface area contributed by atoms with Crippen LogP contribution in [0.4, 0.5) is 0 Å². The lowest BCUT2D eigenvalue weighted by Gasteiger charge is -2.18. The molecule has 3 N–H and O–H groups in total. The fraction of sp³-hybridized carbons (Fsp3) is 0.500. The first kappa shape index (κ1) is 16.8. The largest absolute Gasteiger partial charge is 0.496 e. The highest BCUT2D eigenvalue weighted by Gasteiger charge is 2.16. The highest BCUT2D eigenvalue weighted by molar-refractivity contribution is 5.85. The van der Waals surface area contributed by atoms with Crippen molar-refractivity contribution in [3.8, 4) is 17.2 Å². The highest BCUT2D eigenvalue weighted by atomic mass is 35.5. The Morgan fingerprint density at radius 2 is 1.56 bits per heavy atom. The summed E-state index contributed by atoms with van der Waals surface area (Å²) in [7, 11) is 4.69. The van der Waals surface area contributed by atoms with Gasteiger partial charge in [-0.3, -0.25) is 0 Å². The third-order valence-electron chi connectivity index (χ3n) is 2.58. The van der Waals surface area contributed by atoms with Gasteiger partial charge in [-0.1, -0.05) is 0 Å². The summed E-state index contributed by atoms with van der Waals surface area (Å²) in [6.07, 6.45) is 0.464. The van der Waals surface area contributed by atoms with E-state index in [0.717, 1.165) is 5.56 Å². The van der Waals surface area contributed by atoms with Gasteiger partial charge in [-0.15, -0.1) is 12.4 Å². The van der Waals surface area contributed by atoms with Gasteiger partial charge in [-0.2, -0.15) is 0 Å². The van der Waals surface area contributed by atoms with Crippen LogP contribution in [-0.2, 0) is 0 Å². The number of benzene rings is 1. The van der Waals surface area contributed by atoms with Gasteiger partial charge in [0.15, 0.2) is 11.5 Å². The fourth-order valence-corrected chi connectivity index (χ4v) is 1.64. The Labute approximate surface area is 113 Å². The molecule has 0 aromatic heterocycles. The predicted octanol–water partition coefficient (Wildman–Crippen LogP) is 1.52. The monoisotopic (exact) mass is 277 g/mol. The third kappa shape index (κ3) is 3.66. The molecule has 0 aliphatic heterocycles. The number of methoxy groups -OCH3 is 3. The lowest BCUT2D eigenvalue weighted by molar-refractivity contribution is 0.274. The Morgan fingerprint density at radius 1 is 1.06 bits per heavy atom. The summed E-state index contributed by atoms with van der Waals surface area (Å²) in [5.74, 6) is 1.81. The molecule has 1 aromatic carbocycles. The van der Waals surface area contributed by atoms with Gasteiger partial charge in [0.25, 0.3) is 0 Å². The zero-order chi connectivity index (χ0) is 12.8. The number of hydrogen-bond donors (Lipinski definition) is 2. The molecule has 0 aliphatic rings. The average Bonchev–Trinajstić information content (AvgIpc) is 2.37. The number of nitrogens with two attached hydrogens (primary N) is 1. The van der Waals surface area contributed by atoms with Crippen molar-refractivity contribution in [3.63, 3.8) is 0 Å². The van der Waals surface area contributed by atoms with Gasteiger partial charge in [-0.05, 0) is 12.5 Å². The van der Waals surface area contributed by atoms with Gasteiger partial charge < -0.3 is 25.1 Å². The van der Waals surface area contributed by atoms with Gasteiger partial charge in [0, 0.05) is 24.3 Å². The van der Waals surface area contributed by atoms with Crippen molar-refractivity contribution in [2.24, 2.45) is 5.73 Å². The maximum Gasteiger partial charge on any atom is 0.164 e. The molecule has 6 heteroatoms. The van der Waals surface area contributed by atoms with Crippen LogP contribution in [0.25, 0.3) is 0 Å². The van der Waals surface area contributed by atoms with E-state index in [0.29, 0.717) is 23.7 Å². The first-order valence-corrected chi connectivity index (χ1v) is 5.34. The first-order chi connectivity index (χ1) is 8.17. The van der Waals surface area contributed by atoms with Crippen molar-refractivity contribution in [3.05, 3.63) is 17.7 Å². The molecule has 0 saturated carbocycles. The van der Waals surface area contributed by atoms with Crippen LogP contribution >= 0.6 is 12.4 Å². The molecule has 0 heterocycles. The van der Waals surface area contributed by atoms with Crippen molar-refractivity contribution in [2.75, 3.05) is 27.9 Å². The van der Waals surface area contributed by atoms with E-state index in [-0.39, 0.29) is 25.1 Å². The lowest BCUT2D eigenvalue weighted by Crippen LogP contribution is -2.13. The van der Waals surface area contributed by atoms with Crippen molar-refractivity contribution in [1.29, 1.82) is 0 Å². The van der Waals surface area contributed by atoms with E-state index in [4.69, 9.17) is 25.1 Å². The number of halogens is 1. The van der Waals surface area contributed by atoms with E-state index >= 15 is 0 Å². The molecule has 18 heavy (non-hydrogen) atoms. The minimum absolute atomic E-state index is 0. The van der Waals surface area contributed by atoms with Crippen molar-refractivity contribution in [2.45, 2.75) is 12.5 Å². The molecule has 5 nitrogen and oxygen atoms in total. The molecule has 0 bridgehead atoms. The van der Waals surface area contributed by atoms with Gasteiger partial charge in [0.05, 0.1) is 21.3 Å². The van der Waals surface area contributed by atoms with Gasteiger partial charge in [-0.25, -0.2) is 0 Å². The molecular formula is C12H20ClNO4. The second-order valence-corrected chi connectivity index (χ2v) is 3.57. The molecule has 1 aromatic rings. The fourth-order valence-electron chi connectivity index (χ4n) is 1.64. The number of ether oxygens (including phenoxy) is 3. The minimum atomic E-state index is -0.297. The minimum Gasteiger partial charge on any atom is -0.496 e. The molecule has 104 valence electrons. The molecule has 0 unspecified atom stereocenters. The summed E-state index contributed by atoms with van der Waals surface area (Å²) in [5.41, 5.74) is 6.75. The van der Waals surface area contributed by atoms with Crippen LogP contribution in [0.15, 0.2) is 12.1 Å². The molecule has 0 saturated heterocycles. The van der Waals surface area contributed by atoms with E-state index in [2.05, 4.69) is 0 Å². The predicted molar refractivity (Wildman–Crippen MR) is 72.0 cm³/mol. The summed E-state index contributed by atoms with van der Waals surface area (Å²) in [4.78, 5) is 0.